The molecule has 4 atom stereocenters. The summed E-state index contributed by atoms with van der Waals surface area (Å²) in [7, 11) is 0. The molecule has 0 aliphatic rings. The zero-order valence-corrected chi connectivity index (χ0v) is 8.32. The molecule has 15 heavy (non-hydrogen) atoms. The number of nitrogens with two attached hydrogens (primary N) is 1. The third-order valence-corrected chi connectivity index (χ3v) is 2.38. The van der Waals surface area contributed by atoms with Crippen LogP contribution in [0, 0.1) is 0 Å². The molecule has 0 rings (SSSR count). The molecule has 4 unspecified atom stereocenters. The largest absolute Gasteiger partial charge is 0.396 e. The summed E-state index contributed by atoms with van der Waals surface area (Å²) < 4.78 is 0. The Hall–Kier alpha value is -0.280. The highest BCUT2D eigenvalue weighted by molar-refractivity contribution is 4.96. The van der Waals surface area contributed by atoms with E-state index < -0.39 is 37.1 Å². The summed E-state index contributed by atoms with van der Waals surface area (Å²) >= 11 is 0. The highest BCUT2D eigenvalue weighted by atomic mass is 16.4. The number of hydrogen-bond donors (Lipinski definition) is 7. The van der Waals surface area contributed by atoms with E-state index in [4.69, 9.17) is 21.1 Å². The van der Waals surface area contributed by atoms with Crippen LogP contribution in [-0.4, -0.2) is 74.3 Å². The predicted molar refractivity (Wildman–Crippen MR) is 50.8 cm³/mol. The summed E-state index contributed by atoms with van der Waals surface area (Å²) in [4.78, 5) is 0. The maximum absolute atomic E-state index is 9.84. The molecule has 0 aromatic rings. The van der Waals surface area contributed by atoms with Gasteiger partial charge in [-0.15, -0.1) is 0 Å². The maximum atomic E-state index is 9.84. The summed E-state index contributed by atoms with van der Waals surface area (Å²) in [5.74, 6) is 0. The Morgan fingerprint density at radius 3 is 2.00 bits per heavy atom. The van der Waals surface area contributed by atoms with Gasteiger partial charge in [0.05, 0.1) is 12.7 Å². The summed E-state index contributed by atoms with van der Waals surface area (Å²) in [6.07, 6.45) is -5.25. The minimum Gasteiger partial charge on any atom is -0.396 e. The Balaban J connectivity index is 4.75. The smallest absolute Gasteiger partial charge is 0.122 e. The third-order valence-electron chi connectivity index (χ3n) is 2.38. The van der Waals surface area contributed by atoms with Crippen LogP contribution in [0.3, 0.4) is 0 Å². The van der Waals surface area contributed by atoms with Gasteiger partial charge in [-0.3, -0.25) is 0 Å². The topological polar surface area (TPSA) is 147 Å². The number of aliphatic hydroxyl groups is 6. The molecule has 0 spiro atoms. The Morgan fingerprint density at radius 1 is 1.13 bits per heavy atom. The first-order valence-electron chi connectivity index (χ1n) is 4.62. The van der Waals surface area contributed by atoms with E-state index in [1.54, 1.807) is 0 Å². The van der Waals surface area contributed by atoms with Crippen molar-refractivity contribution in [2.45, 2.75) is 30.3 Å². The number of hydrogen-bond acceptors (Lipinski definition) is 7. The van der Waals surface area contributed by atoms with E-state index in [9.17, 15) is 15.3 Å². The van der Waals surface area contributed by atoms with Gasteiger partial charge in [-0.25, -0.2) is 0 Å². The molecular weight excluding hydrogens is 206 g/mol. The second-order valence-electron chi connectivity index (χ2n) is 3.41. The Kier molecular flexibility index (Phi) is 6.22. The number of rotatable bonds is 7. The van der Waals surface area contributed by atoms with Crippen molar-refractivity contribution in [3.63, 3.8) is 0 Å². The van der Waals surface area contributed by atoms with E-state index in [2.05, 4.69) is 0 Å². The molecule has 0 bridgehead atoms. The van der Waals surface area contributed by atoms with Crippen molar-refractivity contribution in [2.24, 2.45) is 5.73 Å². The lowest BCUT2D eigenvalue weighted by Gasteiger charge is -2.37. The SMILES string of the molecule is NCC(O)C(O)(CCO)C(O)C(O)CO. The molecular formula is C8H19NO6. The lowest BCUT2D eigenvalue weighted by Crippen LogP contribution is -2.59. The quantitative estimate of drug-likeness (QED) is 0.234. The highest BCUT2D eigenvalue weighted by Gasteiger charge is 2.44. The summed E-state index contributed by atoms with van der Waals surface area (Å²) in [6.45, 7) is -1.61. The van der Waals surface area contributed by atoms with Crippen LogP contribution in [0.25, 0.3) is 0 Å². The molecule has 0 aliphatic carbocycles. The molecule has 0 saturated heterocycles. The van der Waals surface area contributed by atoms with Gasteiger partial charge < -0.3 is 36.4 Å². The van der Waals surface area contributed by atoms with Crippen molar-refractivity contribution in [3.8, 4) is 0 Å². The molecule has 92 valence electrons. The maximum Gasteiger partial charge on any atom is 0.122 e. The van der Waals surface area contributed by atoms with Crippen LogP contribution >= 0.6 is 0 Å². The van der Waals surface area contributed by atoms with Gasteiger partial charge in [0.15, 0.2) is 0 Å². The molecule has 0 amide bonds. The van der Waals surface area contributed by atoms with E-state index >= 15 is 0 Å². The Morgan fingerprint density at radius 2 is 1.67 bits per heavy atom. The van der Waals surface area contributed by atoms with Gasteiger partial charge >= 0.3 is 0 Å². The standard InChI is InChI=1S/C8H19NO6/c9-3-6(13)8(15,1-2-10)7(14)5(12)4-11/h5-7,10-15H,1-4,9H2. The fraction of sp³-hybridized carbons (Fsp3) is 1.00. The molecule has 0 saturated carbocycles. The molecule has 0 aromatic heterocycles. The van der Waals surface area contributed by atoms with E-state index in [0.717, 1.165) is 0 Å². The zero-order valence-electron chi connectivity index (χ0n) is 8.32. The first-order chi connectivity index (χ1) is 6.93. The average molecular weight is 225 g/mol. The van der Waals surface area contributed by atoms with Crippen molar-refractivity contribution in [3.05, 3.63) is 0 Å². The van der Waals surface area contributed by atoms with Gasteiger partial charge in [-0.1, -0.05) is 0 Å². The fourth-order valence-corrected chi connectivity index (χ4v) is 1.33. The summed E-state index contributed by atoms with van der Waals surface area (Å²) in [5, 5.41) is 55.1. The van der Waals surface area contributed by atoms with E-state index in [1.165, 1.54) is 0 Å². The van der Waals surface area contributed by atoms with Crippen molar-refractivity contribution < 1.29 is 30.6 Å². The van der Waals surface area contributed by atoms with Crippen LogP contribution < -0.4 is 5.73 Å². The lowest BCUT2D eigenvalue weighted by atomic mass is 9.84. The van der Waals surface area contributed by atoms with E-state index in [1.807, 2.05) is 0 Å². The molecule has 0 aromatic carbocycles. The molecule has 7 nitrogen and oxygen atoms in total. The zero-order chi connectivity index (χ0) is 12.1. The third kappa shape index (κ3) is 3.35. The highest BCUT2D eigenvalue weighted by Crippen LogP contribution is 2.22. The van der Waals surface area contributed by atoms with Crippen LogP contribution in [-0.2, 0) is 0 Å². The fourth-order valence-electron chi connectivity index (χ4n) is 1.33. The van der Waals surface area contributed by atoms with E-state index in [-0.39, 0.29) is 13.0 Å². The van der Waals surface area contributed by atoms with Crippen molar-refractivity contribution >= 4 is 0 Å². The van der Waals surface area contributed by atoms with Crippen molar-refractivity contribution in [1.29, 1.82) is 0 Å². The van der Waals surface area contributed by atoms with Crippen LogP contribution in [0.2, 0.25) is 0 Å². The number of aliphatic hydroxyl groups excluding tert-OH is 5. The van der Waals surface area contributed by atoms with Gasteiger partial charge in [0.1, 0.15) is 17.8 Å². The Bertz CT molecular complexity index is 181. The van der Waals surface area contributed by atoms with Crippen LogP contribution in [0.15, 0.2) is 0 Å². The van der Waals surface area contributed by atoms with Crippen molar-refractivity contribution in [1.82, 2.24) is 0 Å². The van der Waals surface area contributed by atoms with Gasteiger partial charge in [-0.2, -0.15) is 0 Å². The monoisotopic (exact) mass is 225 g/mol. The average Bonchev–Trinajstić information content (AvgIpc) is 2.25. The van der Waals surface area contributed by atoms with Crippen LogP contribution in [0.4, 0.5) is 0 Å². The van der Waals surface area contributed by atoms with Gasteiger partial charge in [0.25, 0.3) is 0 Å². The molecule has 8 N–H and O–H groups in total. The van der Waals surface area contributed by atoms with Gasteiger partial charge in [-0.05, 0) is 0 Å². The molecule has 0 heterocycles. The molecule has 7 heteroatoms. The molecule has 0 fully saturated rings. The molecule has 0 radical (unpaired) electrons. The van der Waals surface area contributed by atoms with Crippen LogP contribution in [0.1, 0.15) is 6.42 Å². The Labute approximate surface area is 87.4 Å². The first-order valence-corrected chi connectivity index (χ1v) is 4.62. The summed E-state index contributed by atoms with van der Waals surface area (Å²) in [6, 6.07) is 0. The van der Waals surface area contributed by atoms with Gasteiger partial charge in [0, 0.05) is 19.6 Å². The molecule has 0 aliphatic heterocycles. The lowest BCUT2D eigenvalue weighted by molar-refractivity contribution is -0.186. The second-order valence-corrected chi connectivity index (χ2v) is 3.41. The van der Waals surface area contributed by atoms with E-state index in [0.29, 0.717) is 0 Å². The summed E-state index contributed by atoms with van der Waals surface area (Å²) in [5.41, 5.74) is 2.99. The minimum atomic E-state index is -2.13. The van der Waals surface area contributed by atoms with Gasteiger partial charge in [0.2, 0.25) is 0 Å². The minimum absolute atomic E-state index is 0.342. The predicted octanol–water partition coefficient (Wildman–Crippen LogP) is -3.87. The van der Waals surface area contributed by atoms with Crippen molar-refractivity contribution in [2.75, 3.05) is 19.8 Å². The first kappa shape index (κ1) is 14.7. The van der Waals surface area contributed by atoms with Crippen LogP contribution in [0.5, 0.6) is 0 Å². The normalized spacial score (nSPS) is 21.8. The second kappa shape index (κ2) is 6.33.